The summed E-state index contributed by atoms with van der Waals surface area (Å²) in [5.41, 5.74) is 5.89. The van der Waals surface area contributed by atoms with Crippen molar-refractivity contribution in [2.45, 2.75) is 69.4 Å². The molecule has 1 fully saturated rings. The van der Waals surface area contributed by atoms with E-state index in [9.17, 15) is 34.8 Å². The van der Waals surface area contributed by atoms with Gasteiger partial charge in [-0.05, 0) is 44.2 Å². The molecule has 7 N–H and O–H groups in total. The van der Waals surface area contributed by atoms with Gasteiger partial charge in [-0.15, -0.1) is 0 Å². The molecule has 1 heterocycles. The minimum atomic E-state index is -1.91. The van der Waals surface area contributed by atoms with Crippen LogP contribution in [-0.2, 0) is 15.9 Å². The zero-order valence-electron chi connectivity index (χ0n) is 27.2. The van der Waals surface area contributed by atoms with Gasteiger partial charge >= 0.3 is 0 Å². The van der Waals surface area contributed by atoms with Crippen molar-refractivity contribution in [1.82, 2.24) is 5.43 Å². The molecule has 0 saturated carbocycles. The standard InChI is InChI=1S/C35H37N3O11/c1-15-29(39)21(36)12-24(48-15)49-23-14-35(45,16(2)37-38-34(44)17-8-10-18(46-3)11-9-17)13-20-26(23)33(43)28-27(31(20)41)30(40)19-6-5-7-22(47-4)25(19)32(28)42/h5-11,15,21,23-24,29,39,41,43,45H,12-14,36H2,1-4H3,(H,38,44)/b37-16+/t15?,21?,23-,24?,29?,35-/m0/s1. The molecule has 6 rings (SSSR count). The summed E-state index contributed by atoms with van der Waals surface area (Å²) in [4.78, 5) is 40.6. The number of fused-ring (bicyclic) bond motifs is 3. The van der Waals surface area contributed by atoms with Gasteiger partial charge in [0, 0.05) is 47.6 Å². The number of phenols is 2. The summed E-state index contributed by atoms with van der Waals surface area (Å²) in [5, 5.41) is 50.1. The largest absolute Gasteiger partial charge is 0.507 e. The number of hydrazone groups is 1. The van der Waals surface area contributed by atoms with E-state index in [0.717, 1.165) is 0 Å². The number of nitrogens with two attached hydrogens (primary N) is 1. The van der Waals surface area contributed by atoms with Crippen LogP contribution in [0, 0.1) is 0 Å². The van der Waals surface area contributed by atoms with Crippen LogP contribution in [0.25, 0.3) is 0 Å². The molecular weight excluding hydrogens is 638 g/mol. The Morgan fingerprint density at radius 3 is 2.37 bits per heavy atom. The second-order valence-electron chi connectivity index (χ2n) is 12.4. The molecule has 0 spiro atoms. The van der Waals surface area contributed by atoms with E-state index >= 15 is 0 Å². The summed E-state index contributed by atoms with van der Waals surface area (Å²) < 4.78 is 22.6. The molecule has 0 aromatic heterocycles. The summed E-state index contributed by atoms with van der Waals surface area (Å²) >= 11 is 0. The number of aliphatic hydroxyl groups excluding tert-OH is 1. The van der Waals surface area contributed by atoms with Gasteiger partial charge in [0.15, 0.2) is 12.1 Å². The maximum atomic E-state index is 13.9. The van der Waals surface area contributed by atoms with Gasteiger partial charge in [-0.2, -0.15) is 5.10 Å². The number of aliphatic hydroxyl groups is 2. The van der Waals surface area contributed by atoms with Crippen molar-refractivity contribution in [2.75, 3.05) is 14.2 Å². The number of methoxy groups -OCH3 is 2. The number of benzene rings is 3. The van der Waals surface area contributed by atoms with Crippen molar-refractivity contribution in [2.24, 2.45) is 10.8 Å². The molecule has 3 aliphatic rings. The first-order valence-electron chi connectivity index (χ1n) is 15.6. The number of ether oxygens (including phenoxy) is 4. The van der Waals surface area contributed by atoms with Crippen LogP contribution >= 0.6 is 0 Å². The zero-order valence-corrected chi connectivity index (χ0v) is 27.2. The second-order valence-corrected chi connectivity index (χ2v) is 12.4. The molecule has 1 amide bonds. The van der Waals surface area contributed by atoms with E-state index < -0.39 is 76.3 Å². The quantitative estimate of drug-likeness (QED) is 0.0944. The third-order valence-corrected chi connectivity index (χ3v) is 9.49. The molecular formula is C35H37N3O11. The fourth-order valence-corrected chi connectivity index (χ4v) is 6.71. The number of hydrogen-bond donors (Lipinski definition) is 6. The molecule has 6 atom stereocenters. The van der Waals surface area contributed by atoms with E-state index in [1.807, 2.05) is 0 Å². The maximum absolute atomic E-state index is 13.9. The number of aromatic hydroxyl groups is 2. The molecule has 4 unspecified atom stereocenters. The number of hydrogen-bond acceptors (Lipinski definition) is 13. The molecule has 3 aromatic rings. The van der Waals surface area contributed by atoms with Gasteiger partial charge in [-0.25, -0.2) is 5.43 Å². The first kappa shape index (κ1) is 34.0. The van der Waals surface area contributed by atoms with Crippen molar-refractivity contribution < 1.29 is 53.8 Å². The number of carbonyl (C=O) groups excluding carboxylic acids is 3. The minimum Gasteiger partial charge on any atom is -0.507 e. The number of amides is 1. The smallest absolute Gasteiger partial charge is 0.271 e. The number of nitrogens with zero attached hydrogens (tertiary/aromatic N) is 1. The Morgan fingerprint density at radius 1 is 1.02 bits per heavy atom. The van der Waals surface area contributed by atoms with Gasteiger partial charge in [0.25, 0.3) is 5.91 Å². The third kappa shape index (κ3) is 5.81. The van der Waals surface area contributed by atoms with Gasteiger partial charge in [0.2, 0.25) is 5.78 Å². The molecule has 0 radical (unpaired) electrons. The highest BCUT2D eigenvalue weighted by molar-refractivity contribution is 6.31. The Kier molecular flexibility index (Phi) is 8.94. The van der Waals surface area contributed by atoms with Crippen molar-refractivity contribution >= 4 is 23.2 Å². The predicted octanol–water partition coefficient (Wildman–Crippen LogP) is 2.25. The Hall–Kier alpha value is -4.86. The van der Waals surface area contributed by atoms with Gasteiger partial charge in [-0.3, -0.25) is 14.4 Å². The highest BCUT2D eigenvalue weighted by atomic mass is 16.7. The van der Waals surface area contributed by atoms with Crippen LogP contribution in [0.1, 0.15) is 86.1 Å². The predicted molar refractivity (Wildman–Crippen MR) is 173 cm³/mol. The van der Waals surface area contributed by atoms with Gasteiger partial charge in [0.1, 0.15) is 28.6 Å². The average Bonchev–Trinajstić information content (AvgIpc) is 3.09. The summed E-state index contributed by atoms with van der Waals surface area (Å²) in [6.07, 6.45) is -4.60. The molecule has 2 aliphatic carbocycles. The lowest BCUT2D eigenvalue weighted by atomic mass is 9.71. The summed E-state index contributed by atoms with van der Waals surface area (Å²) in [7, 11) is 2.84. The normalized spacial score (nSPS) is 26.3. The van der Waals surface area contributed by atoms with Gasteiger partial charge < -0.3 is 45.1 Å². The molecule has 1 aliphatic heterocycles. The molecule has 0 bridgehead atoms. The maximum Gasteiger partial charge on any atom is 0.271 e. The van der Waals surface area contributed by atoms with E-state index in [1.54, 1.807) is 19.1 Å². The summed E-state index contributed by atoms with van der Waals surface area (Å²) in [6, 6.07) is 10.0. The molecule has 1 saturated heterocycles. The van der Waals surface area contributed by atoms with Crippen LogP contribution in [0.5, 0.6) is 23.0 Å². The fraction of sp³-hybridized carbons (Fsp3) is 0.371. The molecule has 14 heteroatoms. The van der Waals surface area contributed by atoms with Crippen molar-refractivity contribution in [3.05, 3.63) is 81.4 Å². The SMILES string of the molecule is COc1ccc(C(=O)N/N=C(\C)[C@]2(O)Cc3c(O)c4c(c(O)c3[C@@H](OC3CC(N)C(O)C(C)O3)C2)C(=O)c2c(OC)cccc2C4=O)cc1. The van der Waals surface area contributed by atoms with Crippen LogP contribution in [0.15, 0.2) is 47.6 Å². The van der Waals surface area contributed by atoms with Crippen LogP contribution in [0.2, 0.25) is 0 Å². The lowest BCUT2D eigenvalue weighted by Crippen LogP contribution is -2.52. The Labute approximate surface area is 281 Å². The van der Waals surface area contributed by atoms with Gasteiger partial charge in [0.05, 0.1) is 54.9 Å². The fourth-order valence-electron chi connectivity index (χ4n) is 6.71. The Bertz CT molecular complexity index is 1860. The highest BCUT2D eigenvalue weighted by Crippen LogP contribution is 2.52. The Balaban J connectivity index is 1.43. The minimum absolute atomic E-state index is 0.0211. The first-order valence-corrected chi connectivity index (χ1v) is 15.6. The third-order valence-electron chi connectivity index (χ3n) is 9.49. The molecule has 3 aromatic carbocycles. The van der Waals surface area contributed by atoms with Crippen LogP contribution in [0.4, 0.5) is 0 Å². The van der Waals surface area contributed by atoms with Crippen molar-refractivity contribution in [3.63, 3.8) is 0 Å². The number of ketones is 2. The molecule has 258 valence electrons. The topological polar surface area (TPSA) is 219 Å². The molecule has 14 nitrogen and oxygen atoms in total. The van der Waals surface area contributed by atoms with Crippen LogP contribution in [-0.4, -0.2) is 88.0 Å². The van der Waals surface area contributed by atoms with E-state index in [1.165, 1.54) is 51.5 Å². The van der Waals surface area contributed by atoms with Crippen molar-refractivity contribution in [3.8, 4) is 23.0 Å². The summed E-state index contributed by atoms with van der Waals surface area (Å²) in [6.45, 7) is 3.08. The number of rotatable bonds is 7. The number of nitrogens with one attached hydrogen (secondary N) is 1. The monoisotopic (exact) mass is 675 g/mol. The Morgan fingerprint density at radius 2 is 1.71 bits per heavy atom. The number of phenolic OH excluding ortho intramolecular Hbond substituents is 2. The van der Waals surface area contributed by atoms with Crippen LogP contribution in [0.3, 0.4) is 0 Å². The number of carbonyl (C=O) groups is 3. The molecule has 49 heavy (non-hydrogen) atoms. The average molecular weight is 676 g/mol. The van der Waals surface area contributed by atoms with Crippen LogP contribution < -0.4 is 20.6 Å². The van der Waals surface area contributed by atoms with Crippen molar-refractivity contribution in [1.29, 1.82) is 0 Å². The zero-order chi connectivity index (χ0) is 35.4. The van der Waals surface area contributed by atoms with E-state index in [0.29, 0.717) is 5.75 Å². The lowest BCUT2D eigenvalue weighted by molar-refractivity contribution is -0.245. The lowest BCUT2D eigenvalue weighted by Gasteiger charge is -2.42. The second kappa shape index (κ2) is 12.9. The highest BCUT2D eigenvalue weighted by Gasteiger charge is 2.49. The van der Waals surface area contributed by atoms with E-state index in [2.05, 4.69) is 10.5 Å². The van der Waals surface area contributed by atoms with E-state index in [-0.39, 0.29) is 58.5 Å². The first-order chi connectivity index (χ1) is 23.3. The van der Waals surface area contributed by atoms with Gasteiger partial charge in [-0.1, -0.05) is 12.1 Å². The summed E-state index contributed by atoms with van der Waals surface area (Å²) in [5.74, 6) is -2.62. The van der Waals surface area contributed by atoms with E-state index in [4.69, 9.17) is 24.7 Å².